The van der Waals surface area contributed by atoms with Crippen LogP contribution in [-0.2, 0) is 7.05 Å². The van der Waals surface area contributed by atoms with Gasteiger partial charge in [-0.15, -0.1) is 0 Å². The van der Waals surface area contributed by atoms with E-state index in [1.165, 1.54) is 48.1 Å². The fourth-order valence-corrected chi connectivity index (χ4v) is 16.3. The van der Waals surface area contributed by atoms with Crippen LogP contribution in [-0.4, -0.2) is 21.0 Å². The van der Waals surface area contributed by atoms with Gasteiger partial charge in [0.1, 0.15) is 13.8 Å². The van der Waals surface area contributed by atoms with E-state index in [0.717, 1.165) is 5.75 Å². The number of hydrogen-bond donors (Lipinski definition) is 0. The van der Waals surface area contributed by atoms with Crippen LogP contribution >= 0.6 is 0 Å². The van der Waals surface area contributed by atoms with Gasteiger partial charge < -0.3 is 8.99 Å². The number of aromatic nitrogens is 1. The molecule has 208 valence electrons. The smallest absolute Gasteiger partial charge is 0.319 e. The summed E-state index contributed by atoms with van der Waals surface area (Å²) < 4.78 is 9.93. The highest BCUT2D eigenvalue weighted by molar-refractivity contribution is 7.14. The van der Waals surface area contributed by atoms with E-state index in [1.54, 1.807) is 0 Å². The third-order valence-corrected chi connectivity index (χ3v) is 18.9. The molecule has 0 saturated carbocycles. The summed E-state index contributed by atoms with van der Waals surface area (Å²) in [5, 5.41) is 8.28. The molecule has 0 aliphatic carbocycles. The number of para-hydroxylation sites is 1. The number of aryl methyl sites for hydroxylation is 1. The van der Waals surface area contributed by atoms with E-state index in [0.29, 0.717) is 0 Å². The van der Waals surface area contributed by atoms with Crippen LogP contribution in [0.1, 0.15) is 20.8 Å². The van der Waals surface area contributed by atoms with Gasteiger partial charge in [-0.2, -0.15) is 0 Å². The van der Waals surface area contributed by atoms with Gasteiger partial charge in [-0.05, 0) is 49.2 Å². The third kappa shape index (κ3) is 3.75. The van der Waals surface area contributed by atoms with Crippen LogP contribution in [0.2, 0.25) is 11.6 Å². The lowest BCUT2D eigenvalue weighted by molar-refractivity contribution is 0.508. The van der Waals surface area contributed by atoms with Crippen molar-refractivity contribution in [1.82, 2.24) is 4.57 Å². The first-order chi connectivity index (χ1) is 20.3. The molecule has 1 aromatic heterocycles. The van der Waals surface area contributed by atoms with Gasteiger partial charge in [-0.1, -0.05) is 143 Å². The molecule has 0 amide bonds. The monoisotopic (exact) mass is 579 g/mol. The van der Waals surface area contributed by atoms with Gasteiger partial charge in [0.2, 0.25) is 0 Å². The number of nitrogens with zero attached hydrogens (tertiary/aromatic N) is 1. The summed E-state index contributed by atoms with van der Waals surface area (Å²) >= 11 is 0. The third-order valence-electron chi connectivity index (χ3n) is 9.43. The van der Waals surface area contributed by atoms with Gasteiger partial charge in [-0.3, -0.25) is 0 Å². The highest BCUT2D eigenvalue weighted by Gasteiger charge is 2.53. The van der Waals surface area contributed by atoms with Crippen molar-refractivity contribution in [2.45, 2.75) is 32.4 Å². The van der Waals surface area contributed by atoms with E-state index in [-0.39, 0.29) is 5.04 Å². The normalized spacial score (nSPS) is 16.3. The van der Waals surface area contributed by atoms with Crippen LogP contribution in [0.3, 0.4) is 0 Å². The maximum absolute atomic E-state index is 7.51. The molecule has 6 aromatic rings. The summed E-state index contributed by atoms with van der Waals surface area (Å²) in [4.78, 5) is 0. The van der Waals surface area contributed by atoms with Crippen LogP contribution in [0, 0.1) is 0 Å². The second-order valence-corrected chi connectivity index (χ2v) is 20.9. The minimum Gasteiger partial charge on any atom is -0.534 e. The number of hydrogen-bond acceptors (Lipinski definition) is 1. The molecule has 42 heavy (non-hydrogen) atoms. The molecular formula is C38H37NOSi2. The molecule has 0 saturated heterocycles. The topological polar surface area (TPSA) is 14.2 Å². The van der Waals surface area contributed by atoms with Crippen molar-refractivity contribution in [3.05, 3.63) is 133 Å². The van der Waals surface area contributed by atoms with Crippen LogP contribution in [0.15, 0.2) is 133 Å². The van der Waals surface area contributed by atoms with E-state index >= 15 is 0 Å². The zero-order valence-electron chi connectivity index (χ0n) is 25.1. The van der Waals surface area contributed by atoms with Gasteiger partial charge in [0.25, 0.3) is 0 Å². The quantitative estimate of drug-likeness (QED) is 0.222. The van der Waals surface area contributed by atoms with E-state index in [4.69, 9.17) is 4.43 Å². The molecule has 0 radical (unpaired) electrons. The summed E-state index contributed by atoms with van der Waals surface area (Å²) in [7, 11) is -2.79. The maximum atomic E-state index is 7.51. The molecule has 1 atom stereocenters. The van der Waals surface area contributed by atoms with Gasteiger partial charge >= 0.3 is 8.32 Å². The Morgan fingerprint density at radius 2 is 1.21 bits per heavy atom. The molecule has 2 nitrogen and oxygen atoms in total. The first-order valence-corrected chi connectivity index (χ1v) is 19.3. The van der Waals surface area contributed by atoms with Crippen molar-refractivity contribution in [3.8, 4) is 17.0 Å². The summed E-state index contributed by atoms with van der Waals surface area (Å²) in [5.41, 5.74) is 3.95. The largest absolute Gasteiger partial charge is 0.534 e. The molecule has 2 heterocycles. The Labute approximate surface area is 251 Å². The fraction of sp³-hybridized carbons (Fsp3) is 0.158. The zero-order chi connectivity index (χ0) is 29.1. The first-order valence-electron chi connectivity index (χ1n) is 14.9. The predicted molar refractivity (Wildman–Crippen MR) is 184 cm³/mol. The summed E-state index contributed by atoms with van der Waals surface area (Å²) in [6, 6.07) is 48.9. The molecule has 0 bridgehead atoms. The lowest BCUT2D eigenvalue weighted by Gasteiger charge is -2.43. The second-order valence-electron chi connectivity index (χ2n) is 12.8. The molecule has 0 fully saturated rings. The maximum Gasteiger partial charge on any atom is 0.319 e. The molecule has 4 heteroatoms. The Balaban J connectivity index is 1.48. The molecule has 0 N–H and O–H groups in total. The minimum absolute atomic E-state index is 0.104. The van der Waals surface area contributed by atoms with Crippen molar-refractivity contribution in [2.75, 3.05) is 0 Å². The van der Waals surface area contributed by atoms with Gasteiger partial charge in [0, 0.05) is 29.2 Å². The van der Waals surface area contributed by atoms with Crippen molar-refractivity contribution >= 4 is 53.2 Å². The molecular weight excluding hydrogens is 543 g/mol. The number of benzene rings is 5. The highest BCUT2D eigenvalue weighted by atomic mass is 28.4. The highest BCUT2D eigenvalue weighted by Crippen LogP contribution is 2.40. The van der Waals surface area contributed by atoms with E-state index in [9.17, 15) is 0 Å². The van der Waals surface area contributed by atoms with Crippen molar-refractivity contribution < 1.29 is 4.43 Å². The summed E-state index contributed by atoms with van der Waals surface area (Å²) in [5.74, 6) is 0.950. The van der Waals surface area contributed by atoms with Gasteiger partial charge in [0.15, 0.2) is 0 Å². The summed E-state index contributed by atoms with van der Waals surface area (Å²) in [6.45, 7) is 9.55. The minimum atomic E-state index is -2.75. The fourth-order valence-electron chi connectivity index (χ4n) is 7.47. The van der Waals surface area contributed by atoms with Crippen LogP contribution < -0.4 is 30.4 Å². The molecule has 5 aromatic carbocycles. The average Bonchev–Trinajstić information content (AvgIpc) is 3.47. The van der Waals surface area contributed by atoms with Crippen LogP contribution in [0.5, 0.6) is 5.75 Å². The number of fused-ring (bicyclic) bond motifs is 5. The Hall–Kier alpha value is -4.13. The Morgan fingerprint density at radius 3 is 1.81 bits per heavy atom. The molecule has 0 spiro atoms. The summed E-state index contributed by atoms with van der Waals surface area (Å²) in [6.07, 6.45) is 0. The predicted octanol–water partition coefficient (Wildman–Crippen LogP) is 6.20. The molecule has 1 aliphatic rings. The van der Waals surface area contributed by atoms with Crippen molar-refractivity contribution in [2.24, 2.45) is 7.05 Å². The number of rotatable bonds is 5. The Bertz CT molecular complexity index is 1870. The first kappa shape index (κ1) is 26.8. The van der Waals surface area contributed by atoms with Crippen LogP contribution in [0.4, 0.5) is 0 Å². The standard InChI is InChI=1S/C38H37NOSi2/c1-38(2,3)42(30-19-11-7-12-20-30,31-21-13-8-14-22-31)40-28-25-26-35-33(27-28)36-37(32-23-15-16-24-34(32)39(36)4)41(35,5)29-17-9-6-10-18-29/h6-27H,1-5H3. The van der Waals surface area contributed by atoms with Crippen molar-refractivity contribution in [3.63, 3.8) is 0 Å². The van der Waals surface area contributed by atoms with E-state index in [1.807, 2.05) is 0 Å². The Kier molecular flexibility index (Phi) is 6.19. The molecule has 1 unspecified atom stereocenters. The van der Waals surface area contributed by atoms with E-state index < -0.39 is 16.4 Å². The average molecular weight is 580 g/mol. The van der Waals surface area contributed by atoms with Gasteiger partial charge in [-0.25, -0.2) is 0 Å². The lowest BCUT2D eigenvalue weighted by Crippen LogP contribution is -2.68. The molecule has 7 rings (SSSR count). The molecule has 1 aliphatic heterocycles. The lowest BCUT2D eigenvalue weighted by atomic mass is 10.1. The zero-order valence-corrected chi connectivity index (χ0v) is 27.1. The SMILES string of the molecule is Cn1c2c(c3ccccc31)[Si](C)(c1ccccc1)c1ccc(O[Si](c3ccccc3)(c3ccccc3)C(C)(C)C)cc1-2. The van der Waals surface area contributed by atoms with Crippen molar-refractivity contribution in [1.29, 1.82) is 0 Å². The Morgan fingerprint density at radius 1 is 0.667 bits per heavy atom. The second kappa shape index (κ2) is 9.72. The van der Waals surface area contributed by atoms with E-state index in [2.05, 4.69) is 172 Å². The van der Waals surface area contributed by atoms with Crippen LogP contribution in [0.25, 0.3) is 22.2 Å². The van der Waals surface area contributed by atoms with Gasteiger partial charge in [0.05, 0.1) is 0 Å².